The van der Waals surface area contributed by atoms with Gasteiger partial charge in [-0.1, -0.05) is 78.9 Å². The lowest BCUT2D eigenvalue weighted by molar-refractivity contribution is 0.390. The maximum atomic E-state index is 11.2. The molecule has 0 atom stereocenters. The number of aromatic hydroxyl groups is 2. The predicted octanol–water partition coefficient (Wildman–Crippen LogP) is 6.86. The standard InChI is InChI=1S/C28H20O3/c1-28(19-11-3-2-4-12-19)24-22(29)15-17-9-5-7-13-20(17)26(24)31-27-21-14-8-6-10-18(21)16-23(30)25(27)28/h2-16,29-30H,1H3. The van der Waals surface area contributed by atoms with E-state index in [4.69, 9.17) is 4.74 Å². The molecule has 0 saturated heterocycles. The Morgan fingerprint density at radius 1 is 0.613 bits per heavy atom. The Morgan fingerprint density at radius 3 is 1.58 bits per heavy atom. The molecule has 0 unspecified atom stereocenters. The van der Waals surface area contributed by atoms with Crippen molar-refractivity contribution >= 4 is 21.5 Å². The van der Waals surface area contributed by atoms with Gasteiger partial charge in [0.1, 0.15) is 23.0 Å². The van der Waals surface area contributed by atoms with Crippen LogP contribution in [0.4, 0.5) is 0 Å². The maximum Gasteiger partial charge on any atom is 0.143 e. The van der Waals surface area contributed by atoms with E-state index in [9.17, 15) is 10.2 Å². The molecule has 1 aliphatic heterocycles. The third-order valence-electron chi connectivity index (χ3n) is 6.52. The van der Waals surface area contributed by atoms with E-state index in [1.54, 1.807) is 12.1 Å². The van der Waals surface area contributed by atoms with E-state index in [1.165, 1.54) is 0 Å². The molecule has 0 saturated carbocycles. The van der Waals surface area contributed by atoms with Crippen molar-refractivity contribution < 1.29 is 14.9 Å². The van der Waals surface area contributed by atoms with Crippen LogP contribution in [-0.4, -0.2) is 10.2 Å². The first kappa shape index (κ1) is 17.8. The molecule has 1 heterocycles. The zero-order chi connectivity index (χ0) is 21.2. The zero-order valence-corrected chi connectivity index (χ0v) is 17.0. The summed E-state index contributed by atoms with van der Waals surface area (Å²) in [5.74, 6) is 1.56. The lowest BCUT2D eigenvalue weighted by Gasteiger charge is -2.39. The summed E-state index contributed by atoms with van der Waals surface area (Å²) in [5, 5.41) is 26.1. The van der Waals surface area contributed by atoms with Crippen molar-refractivity contribution in [3.8, 4) is 23.0 Å². The molecule has 5 aromatic carbocycles. The molecule has 0 fully saturated rings. The first-order valence-corrected chi connectivity index (χ1v) is 10.3. The Kier molecular flexibility index (Phi) is 3.60. The Hall–Kier alpha value is -3.98. The van der Waals surface area contributed by atoms with Gasteiger partial charge < -0.3 is 14.9 Å². The van der Waals surface area contributed by atoms with Gasteiger partial charge in [0.2, 0.25) is 0 Å². The van der Waals surface area contributed by atoms with Crippen molar-refractivity contribution in [1.82, 2.24) is 0 Å². The number of phenols is 2. The number of ether oxygens (including phenoxy) is 1. The van der Waals surface area contributed by atoms with Crippen LogP contribution in [0.15, 0.2) is 91.0 Å². The van der Waals surface area contributed by atoms with E-state index in [-0.39, 0.29) is 11.5 Å². The second-order valence-electron chi connectivity index (χ2n) is 8.23. The fourth-order valence-corrected chi connectivity index (χ4v) is 5.07. The van der Waals surface area contributed by atoms with Crippen molar-refractivity contribution in [2.24, 2.45) is 0 Å². The molecule has 2 N–H and O–H groups in total. The highest BCUT2D eigenvalue weighted by Gasteiger charge is 2.45. The van der Waals surface area contributed by atoms with Crippen LogP contribution in [0.2, 0.25) is 0 Å². The molecule has 6 rings (SSSR count). The van der Waals surface area contributed by atoms with Gasteiger partial charge in [-0.15, -0.1) is 0 Å². The molecule has 150 valence electrons. The van der Waals surface area contributed by atoms with Crippen LogP contribution >= 0.6 is 0 Å². The van der Waals surface area contributed by atoms with Gasteiger partial charge in [-0.25, -0.2) is 0 Å². The van der Waals surface area contributed by atoms with Crippen LogP contribution in [0.5, 0.6) is 23.0 Å². The largest absolute Gasteiger partial charge is 0.507 e. The van der Waals surface area contributed by atoms with Crippen LogP contribution < -0.4 is 4.74 Å². The zero-order valence-electron chi connectivity index (χ0n) is 17.0. The van der Waals surface area contributed by atoms with Gasteiger partial charge in [0.15, 0.2) is 0 Å². The smallest absolute Gasteiger partial charge is 0.143 e. The Bertz CT molecular complexity index is 1390. The fourth-order valence-electron chi connectivity index (χ4n) is 5.07. The summed E-state index contributed by atoms with van der Waals surface area (Å²) in [4.78, 5) is 0. The summed E-state index contributed by atoms with van der Waals surface area (Å²) in [7, 11) is 0. The molecule has 0 aliphatic carbocycles. The van der Waals surface area contributed by atoms with E-state index >= 15 is 0 Å². The molecule has 31 heavy (non-hydrogen) atoms. The quantitative estimate of drug-likeness (QED) is 0.321. The summed E-state index contributed by atoms with van der Waals surface area (Å²) >= 11 is 0. The molecule has 5 aromatic rings. The molecule has 0 amide bonds. The highest BCUT2D eigenvalue weighted by atomic mass is 16.5. The van der Waals surface area contributed by atoms with E-state index in [2.05, 4.69) is 0 Å². The van der Waals surface area contributed by atoms with E-state index < -0.39 is 5.41 Å². The van der Waals surface area contributed by atoms with Gasteiger partial charge in [0.25, 0.3) is 0 Å². The van der Waals surface area contributed by atoms with E-state index in [0.717, 1.165) is 27.1 Å². The number of hydrogen-bond donors (Lipinski definition) is 2. The predicted molar refractivity (Wildman–Crippen MR) is 123 cm³/mol. The van der Waals surface area contributed by atoms with Crippen LogP contribution in [0, 0.1) is 0 Å². The van der Waals surface area contributed by atoms with E-state index in [1.807, 2.05) is 85.8 Å². The molecule has 0 radical (unpaired) electrons. The molecule has 1 aliphatic rings. The first-order valence-electron chi connectivity index (χ1n) is 10.3. The molecule has 3 nitrogen and oxygen atoms in total. The highest BCUT2D eigenvalue weighted by Crippen LogP contribution is 2.60. The van der Waals surface area contributed by atoms with Gasteiger partial charge in [0.05, 0.1) is 16.5 Å². The number of phenolic OH excluding ortho intramolecular Hbond substituents is 2. The molecular formula is C28H20O3. The second kappa shape index (κ2) is 6.26. The Balaban J connectivity index is 1.83. The van der Waals surface area contributed by atoms with Crippen molar-refractivity contribution in [1.29, 1.82) is 0 Å². The number of hydrogen-bond acceptors (Lipinski definition) is 3. The van der Waals surface area contributed by atoms with Crippen molar-refractivity contribution in [2.75, 3.05) is 0 Å². The minimum absolute atomic E-state index is 0.151. The lowest BCUT2D eigenvalue weighted by atomic mass is 9.67. The van der Waals surface area contributed by atoms with Gasteiger partial charge in [-0.05, 0) is 35.4 Å². The minimum Gasteiger partial charge on any atom is -0.507 e. The molecular weight excluding hydrogens is 384 g/mol. The fraction of sp³-hybridized carbons (Fsp3) is 0.0714. The Labute approximate surface area is 179 Å². The van der Waals surface area contributed by atoms with Crippen molar-refractivity contribution in [3.05, 3.63) is 108 Å². The Morgan fingerprint density at radius 2 is 1.06 bits per heavy atom. The summed E-state index contributed by atoms with van der Waals surface area (Å²) < 4.78 is 6.56. The third-order valence-corrected chi connectivity index (χ3v) is 6.52. The topological polar surface area (TPSA) is 49.7 Å². The van der Waals surface area contributed by atoms with E-state index in [0.29, 0.717) is 22.6 Å². The monoisotopic (exact) mass is 404 g/mol. The summed E-state index contributed by atoms with van der Waals surface area (Å²) in [6.45, 7) is 2.05. The van der Waals surface area contributed by atoms with Crippen LogP contribution in [-0.2, 0) is 5.41 Å². The van der Waals surface area contributed by atoms with Gasteiger partial charge in [-0.3, -0.25) is 0 Å². The number of benzene rings is 5. The summed E-state index contributed by atoms with van der Waals surface area (Å²) in [6, 6.07) is 29.3. The van der Waals surface area contributed by atoms with Gasteiger partial charge >= 0.3 is 0 Å². The first-order chi connectivity index (χ1) is 15.1. The van der Waals surface area contributed by atoms with Crippen molar-refractivity contribution in [2.45, 2.75) is 12.3 Å². The highest BCUT2D eigenvalue weighted by molar-refractivity contribution is 5.98. The maximum absolute atomic E-state index is 11.2. The number of rotatable bonds is 1. The van der Waals surface area contributed by atoms with Gasteiger partial charge in [-0.2, -0.15) is 0 Å². The SMILES string of the molecule is CC1(c2ccccc2)c2c(O)cc3ccccc3c2Oc2c1c(O)cc1ccccc21. The van der Waals surface area contributed by atoms with Crippen LogP contribution in [0.1, 0.15) is 23.6 Å². The second-order valence-corrected chi connectivity index (χ2v) is 8.23. The number of fused-ring (bicyclic) bond motifs is 6. The molecule has 0 spiro atoms. The third kappa shape index (κ3) is 2.34. The summed E-state index contributed by atoms with van der Waals surface area (Å²) in [6.07, 6.45) is 0. The summed E-state index contributed by atoms with van der Waals surface area (Å²) in [5.41, 5.74) is 1.48. The molecule has 0 bridgehead atoms. The van der Waals surface area contributed by atoms with Crippen LogP contribution in [0.3, 0.4) is 0 Å². The van der Waals surface area contributed by atoms with Gasteiger partial charge in [0, 0.05) is 10.8 Å². The van der Waals surface area contributed by atoms with Crippen LogP contribution in [0.25, 0.3) is 21.5 Å². The average molecular weight is 404 g/mol. The molecule has 0 aromatic heterocycles. The lowest BCUT2D eigenvalue weighted by Crippen LogP contribution is -2.30. The normalized spacial score (nSPS) is 14.1. The molecule has 3 heteroatoms. The average Bonchev–Trinajstić information content (AvgIpc) is 2.79. The minimum atomic E-state index is -0.813. The van der Waals surface area contributed by atoms with Crippen molar-refractivity contribution in [3.63, 3.8) is 0 Å².